The summed E-state index contributed by atoms with van der Waals surface area (Å²) in [7, 11) is 1.45. The van der Waals surface area contributed by atoms with Gasteiger partial charge in [0.2, 0.25) is 5.91 Å². The standard InChI is InChI=1S/C15H22N2O4/c1-11-4-5-13(12(2)8-11)21-10-15(19)17-7-6-16-14(18)9-20-3/h4-5,8H,6-7,9-10H2,1-3H3,(H,16,18)(H,17,19). The van der Waals surface area contributed by atoms with Crippen LogP contribution in [-0.4, -0.2) is 45.2 Å². The number of benzene rings is 1. The molecular weight excluding hydrogens is 272 g/mol. The molecule has 1 aromatic carbocycles. The van der Waals surface area contributed by atoms with Crippen LogP contribution in [0, 0.1) is 13.8 Å². The molecule has 0 unspecified atom stereocenters. The number of carbonyl (C=O) groups is 2. The molecule has 2 amide bonds. The number of amides is 2. The quantitative estimate of drug-likeness (QED) is 0.687. The summed E-state index contributed by atoms with van der Waals surface area (Å²) in [5, 5.41) is 5.27. The van der Waals surface area contributed by atoms with Gasteiger partial charge in [0.1, 0.15) is 12.4 Å². The second-order valence-electron chi connectivity index (χ2n) is 4.69. The van der Waals surface area contributed by atoms with Crippen molar-refractivity contribution in [2.24, 2.45) is 0 Å². The second kappa shape index (κ2) is 8.97. The van der Waals surface area contributed by atoms with Crippen LogP contribution in [0.25, 0.3) is 0 Å². The number of nitrogens with one attached hydrogen (secondary N) is 2. The van der Waals surface area contributed by atoms with Gasteiger partial charge in [-0.15, -0.1) is 0 Å². The van der Waals surface area contributed by atoms with Crippen molar-refractivity contribution >= 4 is 11.8 Å². The molecule has 0 bridgehead atoms. The number of rotatable bonds is 8. The summed E-state index contributed by atoms with van der Waals surface area (Å²) in [5.74, 6) is 0.262. The highest BCUT2D eigenvalue weighted by molar-refractivity contribution is 5.78. The SMILES string of the molecule is COCC(=O)NCCNC(=O)COc1ccc(C)cc1C. The molecule has 0 heterocycles. The highest BCUT2D eigenvalue weighted by Crippen LogP contribution is 2.18. The highest BCUT2D eigenvalue weighted by Gasteiger charge is 2.05. The van der Waals surface area contributed by atoms with Gasteiger partial charge in [0.15, 0.2) is 6.61 Å². The van der Waals surface area contributed by atoms with Crippen LogP contribution in [-0.2, 0) is 14.3 Å². The molecule has 2 N–H and O–H groups in total. The molecule has 0 saturated heterocycles. The molecule has 0 aliphatic heterocycles. The normalized spacial score (nSPS) is 10.0. The van der Waals surface area contributed by atoms with Crippen LogP contribution in [0.1, 0.15) is 11.1 Å². The monoisotopic (exact) mass is 294 g/mol. The van der Waals surface area contributed by atoms with E-state index in [-0.39, 0.29) is 25.0 Å². The van der Waals surface area contributed by atoms with Crippen LogP contribution in [0.4, 0.5) is 0 Å². The fourth-order valence-electron chi connectivity index (χ4n) is 1.74. The summed E-state index contributed by atoms with van der Waals surface area (Å²) in [6.07, 6.45) is 0. The Labute approximate surface area is 124 Å². The maximum atomic E-state index is 11.6. The molecule has 0 aliphatic rings. The summed E-state index contributed by atoms with van der Waals surface area (Å²) in [5.41, 5.74) is 2.14. The molecule has 21 heavy (non-hydrogen) atoms. The minimum atomic E-state index is -0.226. The molecule has 0 atom stereocenters. The minimum absolute atomic E-state index is 0.0176. The van der Waals surface area contributed by atoms with Crippen molar-refractivity contribution in [2.75, 3.05) is 33.4 Å². The smallest absolute Gasteiger partial charge is 0.258 e. The van der Waals surface area contributed by atoms with E-state index in [1.807, 2.05) is 32.0 Å². The average molecular weight is 294 g/mol. The van der Waals surface area contributed by atoms with Crippen LogP contribution in [0.15, 0.2) is 18.2 Å². The summed E-state index contributed by atoms with van der Waals surface area (Å²) in [4.78, 5) is 22.7. The van der Waals surface area contributed by atoms with E-state index < -0.39 is 0 Å². The average Bonchev–Trinajstić information content (AvgIpc) is 2.43. The fourth-order valence-corrected chi connectivity index (χ4v) is 1.74. The highest BCUT2D eigenvalue weighted by atomic mass is 16.5. The van der Waals surface area contributed by atoms with E-state index in [0.717, 1.165) is 11.1 Å². The van der Waals surface area contributed by atoms with Gasteiger partial charge in [-0.05, 0) is 25.5 Å². The lowest BCUT2D eigenvalue weighted by Gasteiger charge is -2.10. The zero-order chi connectivity index (χ0) is 15.7. The molecule has 6 heteroatoms. The van der Waals surface area contributed by atoms with Crippen molar-refractivity contribution in [3.63, 3.8) is 0 Å². The molecule has 0 saturated carbocycles. The number of hydrogen-bond acceptors (Lipinski definition) is 4. The molecule has 1 rings (SSSR count). The molecule has 0 spiro atoms. The molecule has 0 aliphatic carbocycles. The molecule has 116 valence electrons. The van der Waals surface area contributed by atoms with Crippen LogP contribution >= 0.6 is 0 Å². The number of ether oxygens (including phenoxy) is 2. The third-order valence-electron chi connectivity index (χ3n) is 2.73. The first-order valence-electron chi connectivity index (χ1n) is 6.75. The molecule has 0 fully saturated rings. The number of hydrogen-bond donors (Lipinski definition) is 2. The van der Waals surface area contributed by atoms with Crippen LogP contribution in [0.3, 0.4) is 0 Å². The fraction of sp³-hybridized carbons (Fsp3) is 0.467. The van der Waals surface area contributed by atoms with Crippen molar-refractivity contribution in [1.82, 2.24) is 10.6 Å². The van der Waals surface area contributed by atoms with Crippen LogP contribution in [0.2, 0.25) is 0 Å². The van der Waals surface area contributed by atoms with E-state index in [4.69, 9.17) is 4.74 Å². The molecule has 1 aromatic rings. The lowest BCUT2D eigenvalue weighted by molar-refractivity contribution is -0.125. The van der Waals surface area contributed by atoms with Gasteiger partial charge in [-0.3, -0.25) is 9.59 Å². The van der Waals surface area contributed by atoms with E-state index in [2.05, 4.69) is 15.4 Å². The topological polar surface area (TPSA) is 76.7 Å². The summed E-state index contributed by atoms with van der Waals surface area (Å²) in [6, 6.07) is 5.78. The first-order valence-corrected chi connectivity index (χ1v) is 6.75. The Balaban J connectivity index is 2.21. The van der Waals surface area contributed by atoms with Crippen LogP contribution < -0.4 is 15.4 Å². The first kappa shape index (κ1) is 17.0. The van der Waals surface area contributed by atoms with Crippen molar-refractivity contribution in [3.8, 4) is 5.75 Å². The largest absolute Gasteiger partial charge is 0.484 e. The summed E-state index contributed by atoms with van der Waals surface area (Å²) >= 11 is 0. The van der Waals surface area contributed by atoms with E-state index in [1.165, 1.54) is 7.11 Å². The Bertz CT molecular complexity index is 489. The summed E-state index contributed by atoms with van der Waals surface area (Å²) in [6.45, 7) is 4.62. The predicted octanol–water partition coefficient (Wildman–Crippen LogP) is 0.561. The van der Waals surface area contributed by atoms with Gasteiger partial charge in [0.25, 0.3) is 5.91 Å². The van der Waals surface area contributed by atoms with Crippen molar-refractivity contribution in [1.29, 1.82) is 0 Å². The van der Waals surface area contributed by atoms with Gasteiger partial charge in [0, 0.05) is 20.2 Å². The van der Waals surface area contributed by atoms with E-state index in [9.17, 15) is 9.59 Å². The van der Waals surface area contributed by atoms with Gasteiger partial charge in [0.05, 0.1) is 0 Å². The lowest BCUT2D eigenvalue weighted by Crippen LogP contribution is -2.37. The van der Waals surface area contributed by atoms with Gasteiger partial charge in [-0.1, -0.05) is 17.7 Å². The van der Waals surface area contributed by atoms with Crippen molar-refractivity contribution in [3.05, 3.63) is 29.3 Å². The number of aryl methyl sites for hydroxylation is 2. The first-order chi connectivity index (χ1) is 10.0. The maximum absolute atomic E-state index is 11.6. The molecule has 6 nitrogen and oxygen atoms in total. The van der Waals surface area contributed by atoms with E-state index in [1.54, 1.807) is 0 Å². The zero-order valence-electron chi connectivity index (χ0n) is 12.7. The number of carbonyl (C=O) groups excluding carboxylic acids is 2. The lowest BCUT2D eigenvalue weighted by atomic mass is 10.1. The second-order valence-corrected chi connectivity index (χ2v) is 4.69. The van der Waals surface area contributed by atoms with Gasteiger partial charge >= 0.3 is 0 Å². The maximum Gasteiger partial charge on any atom is 0.258 e. The van der Waals surface area contributed by atoms with Crippen molar-refractivity contribution in [2.45, 2.75) is 13.8 Å². The molecule has 0 aromatic heterocycles. The van der Waals surface area contributed by atoms with E-state index in [0.29, 0.717) is 18.8 Å². The molecule has 0 radical (unpaired) electrons. The zero-order valence-corrected chi connectivity index (χ0v) is 12.7. The Hall–Kier alpha value is -2.08. The van der Waals surface area contributed by atoms with E-state index >= 15 is 0 Å². The van der Waals surface area contributed by atoms with Gasteiger partial charge in [-0.2, -0.15) is 0 Å². The number of methoxy groups -OCH3 is 1. The molecular formula is C15H22N2O4. The predicted molar refractivity (Wildman–Crippen MR) is 79.3 cm³/mol. The van der Waals surface area contributed by atoms with Gasteiger partial charge in [-0.25, -0.2) is 0 Å². The third-order valence-corrected chi connectivity index (χ3v) is 2.73. The van der Waals surface area contributed by atoms with Gasteiger partial charge < -0.3 is 20.1 Å². The van der Waals surface area contributed by atoms with Crippen molar-refractivity contribution < 1.29 is 19.1 Å². The summed E-state index contributed by atoms with van der Waals surface area (Å²) < 4.78 is 10.1. The Morgan fingerprint density at radius 2 is 1.67 bits per heavy atom. The Morgan fingerprint density at radius 1 is 1.05 bits per heavy atom. The third kappa shape index (κ3) is 6.76. The minimum Gasteiger partial charge on any atom is -0.484 e. The van der Waals surface area contributed by atoms with Crippen LogP contribution in [0.5, 0.6) is 5.75 Å². The Morgan fingerprint density at radius 3 is 2.24 bits per heavy atom. The Kier molecular flexibility index (Phi) is 7.25.